The van der Waals surface area contributed by atoms with Gasteiger partial charge in [-0.05, 0) is 18.4 Å². The molecule has 0 spiro atoms. The highest BCUT2D eigenvalue weighted by Gasteiger charge is 2.13. The van der Waals surface area contributed by atoms with Gasteiger partial charge >= 0.3 is 0 Å². The van der Waals surface area contributed by atoms with Crippen molar-refractivity contribution in [3.63, 3.8) is 0 Å². The second-order valence-electron chi connectivity index (χ2n) is 4.91. The summed E-state index contributed by atoms with van der Waals surface area (Å²) in [5, 5.41) is 0. The molecule has 0 aromatic heterocycles. The lowest BCUT2D eigenvalue weighted by Gasteiger charge is -2.19. The highest BCUT2D eigenvalue weighted by Crippen LogP contribution is 2.13. The number of allylic oxidation sites excluding steroid dienone is 1. The molecule has 1 rings (SSSR count). The maximum absolute atomic E-state index is 12.4. The fourth-order valence-electron chi connectivity index (χ4n) is 2.06. The summed E-state index contributed by atoms with van der Waals surface area (Å²) in [4.78, 5) is 14.2. The lowest BCUT2D eigenvalue weighted by Crippen LogP contribution is -2.27. The molecular formula is C17H25NO. The van der Waals surface area contributed by atoms with Gasteiger partial charge in [0.2, 0.25) is 5.91 Å². The number of rotatable bonds is 7. The van der Waals surface area contributed by atoms with Gasteiger partial charge in [0.1, 0.15) is 0 Å². The zero-order valence-corrected chi connectivity index (χ0v) is 12.4. The average molecular weight is 259 g/mol. The average Bonchev–Trinajstić information content (AvgIpc) is 2.43. The standard InChI is InChI=1S/C17H25NO/c1-4-6-13-16(10-5-2)17(19)18(3)14-15-11-8-7-9-12-15/h7-9,11-13H,4-6,10,14H2,1-3H3/b16-13+. The molecule has 104 valence electrons. The Labute approximate surface area is 117 Å². The van der Waals surface area contributed by atoms with Crippen molar-refractivity contribution in [3.8, 4) is 0 Å². The van der Waals surface area contributed by atoms with Gasteiger partial charge in [-0.1, -0.05) is 63.1 Å². The van der Waals surface area contributed by atoms with Crippen LogP contribution in [0.15, 0.2) is 42.0 Å². The van der Waals surface area contributed by atoms with Crippen LogP contribution in [0.25, 0.3) is 0 Å². The van der Waals surface area contributed by atoms with Crippen molar-refractivity contribution in [2.45, 2.75) is 46.1 Å². The Morgan fingerprint density at radius 1 is 1.16 bits per heavy atom. The highest BCUT2D eigenvalue weighted by molar-refractivity contribution is 5.93. The van der Waals surface area contributed by atoms with E-state index in [0.717, 1.165) is 31.3 Å². The monoisotopic (exact) mass is 259 g/mol. The molecule has 2 heteroatoms. The van der Waals surface area contributed by atoms with Crippen molar-refractivity contribution in [2.24, 2.45) is 0 Å². The molecule has 0 heterocycles. The largest absolute Gasteiger partial charge is 0.338 e. The first-order valence-electron chi connectivity index (χ1n) is 7.17. The SMILES string of the molecule is CCC/C=C(\CCC)C(=O)N(C)Cc1ccccc1. The summed E-state index contributed by atoms with van der Waals surface area (Å²) >= 11 is 0. The molecule has 1 aromatic rings. The van der Waals surface area contributed by atoms with Crippen LogP contribution in [-0.2, 0) is 11.3 Å². The molecule has 0 radical (unpaired) electrons. The van der Waals surface area contributed by atoms with Gasteiger partial charge in [0.25, 0.3) is 0 Å². The van der Waals surface area contributed by atoms with Gasteiger partial charge in [-0.2, -0.15) is 0 Å². The first kappa shape index (κ1) is 15.5. The highest BCUT2D eigenvalue weighted by atomic mass is 16.2. The van der Waals surface area contributed by atoms with Crippen LogP contribution < -0.4 is 0 Å². The second kappa shape index (κ2) is 8.52. The number of likely N-dealkylation sites (N-methyl/N-ethyl adjacent to an activating group) is 1. The van der Waals surface area contributed by atoms with Crippen LogP contribution >= 0.6 is 0 Å². The molecule has 0 unspecified atom stereocenters. The Morgan fingerprint density at radius 3 is 2.42 bits per heavy atom. The Bertz CT molecular complexity index is 409. The zero-order valence-electron chi connectivity index (χ0n) is 12.4. The summed E-state index contributed by atoms with van der Waals surface area (Å²) in [5.74, 6) is 0.166. The number of amides is 1. The smallest absolute Gasteiger partial charge is 0.249 e. The first-order valence-corrected chi connectivity index (χ1v) is 7.17. The fourth-order valence-corrected chi connectivity index (χ4v) is 2.06. The van der Waals surface area contributed by atoms with E-state index in [1.54, 1.807) is 0 Å². The minimum atomic E-state index is 0.166. The fraction of sp³-hybridized carbons (Fsp3) is 0.471. The molecule has 0 saturated heterocycles. The molecule has 0 aliphatic heterocycles. The van der Waals surface area contributed by atoms with E-state index in [1.165, 1.54) is 5.56 Å². The Morgan fingerprint density at radius 2 is 1.84 bits per heavy atom. The first-order chi connectivity index (χ1) is 9.19. The van der Waals surface area contributed by atoms with Crippen LogP contribution in [0, 0.1) is 0 Å². The number of carbonyl (C=O) groups excluding carboxylic acids is 1. The van der Waals surface area contributed by atoms with E-state index in [1.807, 2.05) is 30.1 Å². The maximum Gasteiger partial charge on any atom is 0.249 e. The summed E-state index contributed by atoms with van der Waals surface area (Å²) < 4.78 is 0. The summed E-state index contributed by atoms with van der Waals surface area (Å²) in [6, 6.07) is 10.1. The van der Waals surface area contributed by atoms with Gasteiger partial charge in [0, 0.05) is 19.2 Å². The van der Waals surface area contributed by atoms with Crippen LogP contribution in [0.3, 0.4) is 0 Å². The molecule has 0 fully saturated rings. The molecule has 0 aliphatic rings. The molecule has 0 N–H and O–H groups in total. The molecule has 0 aliphatic carbocycles. The van der Waals surface area contributed by atoms with Gasteiger partial charge in [0.15, 0.2) is 0 Å². The van der Waals surface area contributed by atoms with Gasteiger partial charge < -0.3 is 4.90 Å². The molecule has 0 bridgehead atoms. The minimum Gasteiger partial charge on any atom is -0.338 e. The van der Waals surface area contributed by atoms with E-state index in [-0.39, 0.29) is 5.91 Å². The number of nitrogens with zero attached hydrogens (tertiary/aromatic N) is 1. The molecule has 19 heavy (non-hydrogen) atoms. The number of hydrogen-bond acceptors (Lipinski definition) is 1. The topological polar surface area (TPSA) is 20.3 Å². The van der Waals surface area contributed by atoms with Crippen LogP contribution in [-0.4, -0.2) is 17.9 Å². The lowest BCUT2D eigenvalue weighted by atomic mass is 10.1. The lowest BCUT2D eigenvalue weighted by molar-refractivity contribution is -0.126. The molecular weight excluding hydrogens is 234 g/mol. The molecule has 1 aromatic carbocycles. The van der Waals surface area contributed by atoms with E-state index in [4.69, 9.17) is 0 Å². The number of carbonyl (C=O) groups is 1. The third-order valence-corrected chi connectivity index (χ3v) is 3.08. The summed E-state index contributed by atoms with van der Waals surface area (Å²) in [6.07, 6.45) is 6.06. The van der Waals surface area contributed by atoms with Gasteiger partial charge in [-0.3, -0.25) is 4.79 Å². The van der Waals surface area contributed by atoms with Gasteiger partial charge in [-0.25, -0.2) is 0 Å². The molecule has 1 amide bonds. The number of benzene rings is 1. The second-order valence-corrected chi connectivity index (χ2v) is 4.91. The third kappa shape index (κ3) is 5.29. The maximum atomic E-state index is 12.4. The minimum absolute atomic E-state index is 0.166. The van der Waals surface area contributed by atoms with Crippen LogP contribution in [0.1, 0.15) is 45.1 Å². The Balaban J connectivity index is 2.68. The predicted molar refractivity (Wildman–Crippen MR) is 80.8 cm³/mol. The van der Waals surface area contributed by atoms with Gasteiger partial charge in [-0.15, -0.1) is 0 Å². The summed E-state index contributed by atoms with van der Waals surface area (Å²) in [6.45, 7) is 4.93. The van der Waals surface area contributed by atoms with E-state index in [9.17, 15) is 4.79 Å². The van der Waals surface area contributed by atoms with E-state index in [2.05, 4.69) is 32.1 Å². The number of unbranched alkanes of at least 4 members (excludes halogenated alkanes) is 1. The van der Waals surface area contributed by atoms with Crippen molar-refractivity contribution in [2.75, 3.05) is 7.05 Å². The van der Waals surface area contributed by atoms with Crippen molar-refractivity contribution in [1.82, 2.24) is 4.90 Å². The van der Waals surface area contributed by atoms with Crippen LogP contribution in [0.5, 0.6) is 0 Å². The van der Waals surface area contributed by atoms with E-state index < -0.39 is 0 Å². The summed E-state index contributed by atoms with van der Waals surface area (Å²) in [7, 11) is 1.88. The van der Waals surface area contributed by atoms with E-state index in [0.29, 0.717) is 6.54 Å². The third-order valence-electron chi connectivity index (χ3n) is 3.08. The van der Waals surface area contributed by atoms with Crippen LogP contribution in [0.2, 0.25) is 0 Å². The van der Waals surface area contributed by atoms with Crippen molar-refractivity contribution < 1.29 is 4.79 Å². The molecule has 0 saturated carbocycles. The normalized spacial score (nSPS) is 11.4. The predicted octanol–water partition coefficient (Wildman–Crippen LogP) is 4.17. The van der Waals surface area contributed by atoms with Crippen LogP contribution in [0.4, 0.5) is 0 Å². The zero-order chi connectivity index (χ0) is 14.1. The van der Waals surface area contributed by atoms with Crippen molar-refractivity contribution in [3.05, 3.63) is 47.5 Å². The molecule has 0 atom stereocenters. The quantitative estimate of drug-likeness (QED) is 0.673. The summed E-state index contributed by atoms with van der Waals surface area (Å²) in [5.41, 5.74) is 2.13. The van der Waals surface area contributed by atoms with E-state index >= 15 is 0 Å². The van der Waals surface area contributed by atoms with Crippen molar-refractivity contribution in [1.29, 1.82) is 0 Å². The van der Waals surface area contributed by atoms with Crippen molar-refractivity contribution >= 4 is 5.91 Å². The molecule has 2 nitrogen and oxygen atoms in total. The Hall–Kier alpha value is -1.57. The Kier molecular flexibility index (Phi) is 6.94. The van der Waals surface area contributed by atoms with Gasteiger partial charge in [0.05, 0.1) is 0 Å². The number of hydrogen-bond donors (Lipinski definition) is 0.